The third-order valence-electron chi connectivity index (χ3n) is 3.19. The third kappa shape index (κ3) is 3.22. The van der Waals surface area contributed by atoms with Crippen molar-refractivity contribution in [2.24, 2.45) is 0 Å². The Hall–Kier alpha value is -1.92. The molecular formula is C15H14BrN3O2. The first-order chi connectivity index (χ1) is 10.2. The highest BCUT2D eigenvalue weighted by Gasteiger charge is 2.04. The maximum atomic E-state index is 12.4. The van der Waals surface area contributed by atoms with Crippen LogP contribution in [0.5, 0.6) is 0 Å². The van der Waals surface area contributed by atoms with Crippen LogP contribution in [0.4, 0.5) is 0 Å². The second kappa shape index (κ2) is 6.24. The Bertz CT molecular complexity index is 796. The molecule has 0 radical (unpaired) electrons. The molecule has 0 atom stereocenters. The van der Waals surface area contributed by atoms with Crippen LogP contribution >= 0.6 is 15.9 Å². The molecule has 3 rings (SSSR count). The van der Waals surface area contributed by atoms with Gasteiger partial charge in [0, 0.05) is 17.6 Å². The van der Waals surface area contributed by atoms with Crippen molar-refractivity contribution in [3.05, 3.63) is 63.5 Å². The molecule has 0 aliphatic rings. The van der Waals surface area contributed by atoms with Crippen molar-refractivity contribution in [2.45, 2.75) is 13.1 Å². The van der Waals surface area contributed by atoms with Crippen molar-refractivity contribution in [1.29, 1.82) is 0 Å². The Kier molecular flexibility index (Phi) is 4.17. The number of halogens is 1. The Morgan fingerprint density at radius 2 is 2.24 bits per heavy atom. The first-order valence-corrected chi connectivity index (χ1v) is 7.41. The number of benzene rings is 1. The molecular weight excluding hydrogens is 334 g/mol. The lowest BCUT2D eigenvalue weighted by Gasteiger charge is -2.07. The second-order valence-electron chi connectivity index (χ2n) is 4.66. The molecule has 21 heavy (non-hydrogen) atoms. The van der Waals surface area contributed by atoms with E-state index in [1.165, 1.54) is 0 Å². The summed E-state index contributed by atoms with van der Waals surface area (Å²) in [4.78, 5) is 16.7. The lowest BCUT2D eigenvalue weighted by Crippen LogP contribution is -2.27. The molecule has 2 heterocycles. The summed E-state index contributed by atoms with van der Waals surface area (Å²) in [5.74, 6) is 0.878. The molecule has 108 valence electrons. The summed E-state index contributed by atoms with van der Waals surface area (Å²) in [6, 6.07) is 9.28. The maximum Gasteiger partial charge on any atom is 0.261 e. The van der Waals surface area contributed by atoms with E-state index in [1.54, 1.807) is 23.2 Å². The van der Waals surface area contributed by atoms with Gasteiger partial charge in [0.25, 0.3) is 5.56 Å². The number of rotatable bonds is 5. The zero-order chi connectivity index (χ0) is 14.7. The van der Waals surface area contributed by atoms with E-state index in [9.17, 15) is 4.79 Å². The first-order valence-electron chi connectivity index (χ1n) is 6.62. The quantitative estimate of drug-likeness (QED) is 0.720. The monoisotopic (exact) mass is 347 g/mol. The largest absolute Gasteiger partial charge is 0.468 e. The molecule has 0 bridgehead atoms. The fraction of sp³-hybridized carbons (Fsp3) is 0.200. The van der Waals surface area contributed by atoms with E-state index >= 15 is 0 Å². The van der Waals surface area contributed by atoms with E-state index in [0.717, 1.165) is 10.2 Å². The summed E-state index contributed by atoms with van der Waals surface area (Å²) in [5, 5.41) is 3.86. The number of fused-ring (bicyclic) bond motifs is 1. The smallest absolute Gasteiger partial charge is 0.261 e. The highest BCUT2D eigenvalue weighted by Crippen LogP contribution is 2.14. The van der Waals surface area contributed by atoms with Gasteiger partial charge >= 0.3 is 0 Å². The van der Waals surface area contributed by atoms with Gasteiger partial charge in [-0.25, -0.2) is 4.98 Å². The molecule has 5 nitrogen and oxygen atoms in total. The lowest BCUT2D eigenvalue weighted by molar-refractivity contribution is 0.474. The van der Waals surface area contributed by atoms with E-state index < -0.39 is 0 Å². The molecule has 3 aromatic rings. The highest BCUT2D eigenvalue weighted by molar-refractivity contribution is 9.10. The summed E-state index contributed by atoms with van der Waals surface area (Å²) in [6.07, 6.45) is 3.24. The standard InChI is InChI=1S/C15H14BrN3O2/c16-11-3-4-14-13(8-11)15(20)19(10-18-14)6-5-17-9-12-2-1-7-21-12/h1-4,7-8,10,17H,5-6,9H2. The van der Waals surface area contributed by atoms with Crippen LogP contribution < -0.4 is 10.9 Å². The highest BCUT2D eigenvalue weighted by atomic mass is 79.9. The molecule has 0 saturated heterocycles. The SMILES string of the molecule is O=c1c2cc(Br)ccc2ncn1CCNCc1ccco1. The average molecular weight is 348 g/mol. The van der Waals surface area contributed by atoms with Crippen molar-refractivity contribution in [2.75, 3.05) is 6.54 Å². The van der Waals surface area contributed by atoms with Crippen LogP contribution in [0.2, 0.25) is 0 Å². The Balaban J connectivity index is 1.69. The fourth-order valence-corrected chi connectivity index (χ4v) is 2.48. The summed E-state index contributed by atoms with van der Waals surface area (Å²) >= 11 is 3.38. The van der Waals surface area contributed by atoms with Crippen LogP contribution in [-0.4, -0.2) is 16.1 Å². The molecule has 0 amide bonds. The molecule has 1 N–H and O–H groups in total. The predicted molar refractivity (Wildman–Crippen MR) is 84.1 cm³/mol. The lowest BCUT2D eigenvalue weighted by atomic mass is 10.2. The molecule has 1 aromatic carbocycles. The van der Waals surface area contributed by atoms with E-state index in [-0.39, 0.29) is 5.56 Å². The van der Waals surface area contributed by atoms with E-state index in [1.807, 2.05) is 24.3 Å². The normalized spacial score (nSPS) is 11.1. The van der Waals surface area contributed by atoms with Gasteiger partial charge in [-0.15, -0.1) is 0 Å². The van der Waals surface area contributed by atoms with Gasteiger partial charge in [0.1, 0.15) is 5.76 Å². The number of nitrogens with one attached hydrogen (secondary N) is 1. The first kappa shape index (κ1) is 14.0. The van der Waals surface area contributed by atoms with Crippen molar-refractivity contribution < 1.29 is 4.42 Å². The van der Waals surface area contributed by atoms with Gasteiger partial charge in [-0.05, 0) is 30.3 Å². The molecule has 0 saturated carbocycles. The van der Waals surface area contributed by atoms with Crippen LogP contribution in [0.3, 0.4) is 0 Å². The van der Waals surface area contributed by atoms with E-state index in [2.05, 4.69) is 26.2 Å². The zero-order valence-electron chi connectivity index (χ0n) is 11.3. The van der Waals surface area contributed by atoms with Gasteiger partial charge in [-0.3, -0.25) is 9.36 Å². The zero-order valence-corrected chi connectivity index (χ0v) is 12.8. The van der Waals surface area contributed by atoms with Gasteiger partial charge in [-0.2, -0.15) is 0 Å². The van der Waals surface area contributed by atoms with Crippen LogP contribution in [0.25, 0.3) is 10.9 Å². The van der Waals surface area contributed by atoms with Gasteiger partial charge in [0.2, 0.25) is 0 Å². The van der Waals surface area contributed by atoms with Gasteiger partial charge in [0.15, 0.2) is 0 Å². The Morgan fingerprint density at radius 1 is 1.33 bits per heavy atom. The Labute approximate surface area is 129 Å². The topological polar surface area (TPSA) is 60.1 Å². The Morgan fingerprint density at radius 3 is 3.05 bits per heavy atom. The fourth-order valence-electron chi connectivity index (χ4n) is 2.11. The molecule has 2 aromatic heterocycles. The molecule has 0 fully saturated rings. The number of hydrogen-bond acceptors (Lipinski definition) is 4. The molecule has 6 heteroatoms. The number of aromatic nitrogens is 2. The van der Waals surface area contributed by atoms with Crippen molar-refractivity contribution in [3.8, 4) is 0 Å². The summed E-state index contributed by atoms with van der Waals surface area (Å²) in [5.41, 5.74) is 0.684. The van der Waals surface area contributed by atoms with Crippen molar-refractivity contribution in [1.82, 2.24) is 14.9 Å². The second-order valence-corrected chi connectivity index (χ2v) is 5.58. The average Bonchev–Trinajstić information content (AvgIpc) is 2.99. The van der Waals surface area contributed by atoms with Crippen LogP contribution in [0.15, 0.2) is 56.6 Å². The number of nitrogens with zero attached hydrogens (tertiary/aromatic N) is 2. The maximum absolute atomic E-state index is 12.4. The van der Waals surface area contributed by atoms with E-state index in [0.29, 0.717) is 30.5 Å². The summed E-state index contributed by atoms with van der Waals surface area (Å²) < 4.78 is 7.72. The minimum absolute atomic E-state index is 0.0268. The third-order valence-corrected chi connectivity index (χ3v) is 3.69. The minimum atomic E-state index is -0.0268. The summed E-state index contributed by atoms with van der Waals surface area (Å²) in [6.45, 7) is 1.88. The van der Waals surface area contributed by atoms with Crippen molar-refractivity contribution >= 4 is 26.8 Å². The molecule has 0 unspecified atom stereocenters. The van der Waals surface area contributed by atoms with Crippen LogP contribution in [0, 0.1) is 0 Å². The van der Waals surface area contributed by atoms with Crippen molar-refractivity contribution in [3.63, 3.8) is 0 Å². The van der Waals surface area contributed by atoms with E-state index in [4.69, 9.17) is 4.42 Å². The van der Waals surface area contributed by atoms with Crippen LogP contribution in [0.1, 0.15) is 5.76 Å². The van der Waals surface area contributed by atoms with Gasteiger partial charge in [0.05, 0.1) is 30.0 Å². The number of furan rings is 1. The predicted octanol–water partition coefficient (Wildman–Crippen LogP) is 2.54. The van der Waals surface area contributed by atoms with Gasteiger partial charge in [-0.1, -0.05) is 15.9 Å². The summed E-state index contributed by atoms with van der Waals surface area (Å²) in [7, 11) is 0. The number of hydrogen-bond donors (Lipinski definition) is 1. The van der Waals surface area contributed by atoms with Gasteiger partial charge < -0.3 is 9.73 Å². The molecule has 0 spiro atoms. The van der Waals surface area contributed by atoms with Crippen LogP contribution in [-0.2, 0) is 13.1 Å². The molecule has 0 aliphatic carbocycles. The minimum Gasteiger partial charge on any atom is -0.468 e. The molecule has 0 aliphatic heterocycles.